The summed E-state index contributed by atoms with van der Waals surface area (Å²) in [5.74, 6) is -1.77. The Morgan fingerprint density at radius 2 is 2.43 bits per heavy atom. The Kier molecular flexibility index (Phi) is 1.61. The molecular formula is C9H10BrNO3. The van der Waals surface area contributed by atoms with Gasteiger partial charge in [0.2, 0.25) is 5.88 Å². The molecule has 0 atom stereocenters. The third kappa shape index (κ3) is 2.04. The van der Waals surface area contributed by atoms with Crippen LogP contribution in [0.1, 0.15) is 24.3 Å². The zero-order valence-electron chi connectivity index (χ0n) is 13.1. The van der Waals surface area contributed by atoms with Crippen LogP contribution in [-0.4, -0.2) is 25.0 Å². The maximum absolute atomic E-state index is 11.7. The summed E-state index contributed by atoms with van der Waals surface area (Å²) in [6, 6.07) is 1.19. The minimum Gasteiger partial charge on any atom is -0.480 e. The van der Waals surface area contributed by atoms with Crippen LogP contribution in [0, 0.1) is 6.92 Å². The van der Waals surface area contributed by atoms with Gasteiger partial charge in [0.25, 0.3) is 0 Å². The maximum atomic E-state index is 11.7. The number of carbonyl (C=O) groups is 1. The number of methoxy groups -OCH3 is 2. The fourth-order valence-corrected chi connectivity index (χ4v) is 1.16. The molecular weight excluding hydrogens is 250 g/mol. The van der Waals surface area contributed by atoms with Crippen molar-refractivity contribution in [1.82, 2.24) is 4.98 Å². The molecule has 0 bridgehead atoms. The van der Waals surface area contributed by atoms with Crippen molar-refractivity contribution in [3.63, 3.8) is 0 Å². The van der Waals surface area contributed by atoms with E-state index >= 15 is 0 Å². The van der Waals surface area contributed by atoms with Gasteiger partial charge in [-0.3, -0.25) is 0 Å². The standard InChI is InChI=1S/C9H10BrNO3/c1-5-7(10)4-6(9(12)14-3)8(11-5)13-2/h4H,1-3H3/i2D3,3D3. The SMILES string of the molecule is [2H]C([2H])([2H])OC(=O)c1cc(Br)c(C)nc1OC([2H])([2H])[2H]. The van der Waals surface area contributed by atoms with Crippen LogP contribution in [0.3, 0.4) is 0 Å². The number of ether oxygens (including phenoxy) is 2. The van der Waals surface area contributed by atoms with E-state index in [1.54, 1.807) is 6.92 Å². The molecule has 1 aromatic rings. The molecule has 5 heteroatoms. The van der Waals surface area contributed by atoms with Gasteiger partial charge in [0.15, 0.2) is 0 Å². The van der Waals surface area contributed by atoms with Crippen LogP contribution in [0.15, 0.2) is 10.5 Å². The van der Waals surface area contributed by atoms with E-state index in [0.29, 0.717) is 10.2 Å². The van der Waals surface area contributed by atoms with Crippen molar-refractivity contribution in [3.8, 4) is 5.88 Å². The fourth-order valence-electron chi connectivity index (χ4n) is 0.838. The van der Waals surface area contributed by atoms with E-state index in [1.165, 1.54) is 6.07 Å². The number of nitrogens with zero attached hydrogens (tertiary/aromatic N) is 1. The number of hydrogen-bond donors (Lipinski definition) is 0. The molecule has 0 spiro atoms. The minimum atomic E-state index is -2.95. The summed E-state index contributed by atoms with van der Waals surface area (Å²) in [4.78, 5) is 15.5. The summed E-state index contributed by atoms with van der Waals surface area (Å²) < 4.78 is 50.8. The van der Waals surface area contributed by atoms with Gasteiger partial charge in [-0.1, -0.05) is 0 Å². The number of aromatic nitrogens is 1. The highest BCUT2D eigenvalue weighted by molar-refractivity contribution is 9.10. The topological polar surface area (TPSA) is 48.4 Å². The van der Waals surface area contributed by atoms with E-state index in [4.69, 9.17) is 8.22 Å². The normalized spacial score (nSPS) is 17.9. The third-order valence-electron chi connectivity index (χ3n) is 1.53. The molecule has 1 heterocycles. The summed E-state index contributed by atoms with van der Waals surface area (Å²) in [7, 11) is -5.78. The van der Waals surface area contributed by atoms with Crippen molar-refractivity contribution in [1.29, 1.82) is 0 Å². The lowest BCUT2D eigenvalue weighted by Crippen LogP contribution is -2.06. The van der Waals surface area contributed by atoms with Crippen LogP contribution in [0.2, 0.25) is 0 Å². The molecule has 1 aromatic heterocycles. The molecule has 76 valence electrons. The highest BCUT2D eigenvalue weighted by Crippen LogP contribution is 2.23. The molecule has 0 aliphatic heterocycles. The monoisotopic (exact) mass is 265 g/mol. The van der Waals surface area contributed by atoms with Gasteiger partial charge in [-0.25, -0.2) is 9.78 Å². The highest BCUT2D eigenvalue weighted by Gasteiger charge is 2.15. The van der Waals surface area contributed by atoms with E-state index in [2.05, 4.69) is 30.4 Å². The number of esters is 1. The van der Waals surface area contributed by atoms with E-state index in [9.17, 15) is 4.79 Å². The molecule has 0 aliphatic rings. The van der Waals surface area contributed by atoms with Crippen LogP contribution in [-0.2, 0) is 4.74 Å². The highest BCUT2D eigenvalue weighted by atomic mass is 79.9. The van der Waals surface area contributed by atoms with Crippen molar-refractivity contribution < 1.29 is 22.5 Å². The summed E-state index contributed by atoms with van der Waals surface area (Å²) in [5.41, 5.74) is -0.0237. The first kappa shape index (κ1) is 5.11. The van der Waals surface area contributed by atoms with Crippen molar-refractivity contribution in [2.24, 2.45) is 0 Å². The average molecular weight is 266 g/mol. The van der Waals surface area contributed by atoms with Crippen LogP contribution in [0.4, 0.5) is 0 Å². The Morgan fingerprint density at radius 3 is 3.07 bits per heavy atom. The molecule has 0 saturated carbocycles. The molecule has 1 rings (SSSR count). The summed E-state index contributed by atoms with van der Waals surface area (Å²) in [6.45, 7) is 1.55. The van der Waals surface area contributed by atoms with Gasteiger partial charge in [-0.2, -0.15) is 0 Å². The Morgan fingerprint density at radius 1 is 1.64 bits per heavy atom. The lowest BCUT2D eigenvalue weighted by atomic mass is 10.2. The molecule has 0 aliphatic carbocycles. The smallest absolute Gasteiger partial charge is 0.343 e. The Bertz CT molecular complexity index is 528. The molecule has 4 nitrogen and oxygen atoms in total. The van der Waals surface area contributed by atoms with Crippen LogP contribution >= 0.6 is 15.9 Å². The zero-order valence-corrected chi connectivity index (χ0v) is 8.71. The number of rotatable bonds is 2. The number of aryl methyl sites for hydroxylation is 1. The second kappa shape index (κ2) is 4.41. The predicted molar refractivity (Wildman–Crippen MR) is 54.6 cm³/mol. The van der Waals surface area contributed by atoms with E-state index in [0.717, 1.165) is 0 Å². The number of carbonyl (C=O) groups excluding carboxylic acids is 1. The Hall–Kier alpha value is -1.10. The maximum Gasteiger partial charge on any atom is 0.343 e. The van der Waals surface area contributed by atoms with Crippen LogP contribution < -0.4 is 4.74 Å². The van der Waals surface area contributed by atoms with E-state index in [-0.39, 0.29) is 0 Å². The Labute approximate surface area is 98.8 Å². The molecule has 0 saturated heterocycles. The van der Waals surface area contributed by atoms with E-state index in [1.807, 2.05) is 0 Å². The first-order chi connectivity index (χ1) is 8.89. The van der Waals surface area contributed by atoms with Gasteiger partial charge in [0, 0.05) is 4.47 Å². The predicted octanol–water partition coefficient (Wildman–Crippen LogP) is 1.95. The second-order valence-electron chi connectivity index (χ2n) is 2.40. The van der Waals surface area contributed by atoms with Gasteiger partial charge < -0.3 is 9.47 Å². The quantitative estimate of drug-likeness (QED) is 0.767. The molecule has 14 heavy (non-hydrogen) atoms. The Balaban J connectivity index is 3.22. The number of halogens is 1. The number of pyridine rings is 1. The largest absolute Gasteiger partial charge is 0.480 e. The van der Waals surface area contributed by atoms with Gasteiger partial charge >= 0.3 is 5.97 Å². The lowest BCUT2D eigenvalue weighted by molar-refractivity contribution is 0.0596. The zero-order chi connectivity index (χ0) is 15.7. The van der Waals surface area contributed by atoms with Gasteiger partial charge in [-0.05, 0) is 28.9 Å². The van der Waals surface area contributed by atoms with Gasteiger partial charge in [0.1, 0.15) is 5.56 Å². The summed E-state index contributed by atoms with van der Waals surface area (Å²) in [6.07, 6.45) is 0. The first-order valence-corrected chi connectivity index (χ1v) is 4.28. The van der Waals surface area contributed by atoms with Crippen LogP contribution in [0.25, 0.3) is 0 Å². The first-order valence-electron chi connectivity index (χ1n) is 6.48. The average Bonchev–Trinajstić information content (AvgIpc) is 2.18. The molecule has 0 unspecified atom stereocenters. The van der Waals surface area contributed by atoms with Crippen molar-refractivity contribution >= 4 is 21.9 Å². The van der Waals surface area contributed by atoms with Crippen molar-refractivity contribution in [2.75, 3.05) is 14.1 Å². The second-order valence-corrected chi connectivity index (χ2v) is 3.25. The van der Waals surface area contributed by atoms with Gasteiger partial charge in [-0.15, -0.1) is 0 Å². The van der Waals surface area contributed by atoms with Crippen molar-refractivity contribution in [3.05, 3.63) is 21.8 Å². The molecule has 0 amide bonds. The molecule has 0 aromatic carbocycles. The molecule has 0 radical (unpaired) electrons. The van der Waals surface area contributed by atoms with E-state index < -0.39 is 31.5 Å². The van der Waals surface area contributed by atoms with Crippen molar-refractivity contribution in [2.45, 2.75) is 6.92 Å². The third-order valence-corrected chi connectivity index (χ3v) is 2.33. The lowest BCUT2D eigenvalue weighted by Gasteiger charge is -2.07. The number of hydrogen-bond acceptors (Lipinski definition) is 4. The van der Waals surface area contributed by atoms with Gasteiger partial charge in [0.05, 0.1) is 28.0 Å². The fraction of sp³-hybridized carbons (Fsp3) is 0.333. The summed E-state index contributed by atoms with van der Waals surface area (Å²) in [5, 5.41) is 0. The van der Waals surface area contributed by atoms with Crippen LogP contribution in [0.5, 0.6) is 5.88 Å². The molecule has 0 fully saturated rings. The minimum absolute atomic E-state index is 0.370. The molecule has 0 N–H and O–H groups in total. The summed E-state index contributed by atoms with van der Waals surface area (Å²) >= 11 is 3.10.